The van der Waals surface area contributed by atoms with Crippen molar-refractivity contribution in [3.05, 3.63) is 34.4 Å². The van der Waals surface area contributed by atoms with Crippen molar-refractivity contribution in [2.75, 3.05) is 55.0 Å². The number of nitrogens with zero attached hydrogens (tertiary/aromatic N) is 2. The highest BCUT2D eigenvalue weighted by Gasteiger charge is 2.38. The second-order valence-electron chi connectivity index (χ2n) is 9.87. The highest BCUT2D eigenvalue weighted by Crippen LogP contribution is 2.52. The monoisotopic (exact) mass is 496 g/mol. The van der Waals surface area contributed by atoms with Crippen LogP contribution in [0.5, 0.6) is 34.5 Å². The molecule has 2 aromatic rings. The Balaban J connectivity index is 1.31. The third kappa shape index (κ3) is 3.64. The van der Waals surface area contributed by atoms with E-state index in [1.54, 1.807) is 14.2 Å². The van der Waals surface area contributed by atoms with Crippen LogP contribution in [0, 0.1) is 0 Å². The van der Waals surface area contributed by atoms with Crippen LogP contribution in [0.1, 0.15) is 47.2 Å². The van der Waals surface area contributed by atoms with Gasteiger partial charge in [0, 0.05) is 49.1 Å². The molecule has 0 fully saturated rings. The highest BCUT2D eigenvalue weighted by atomic mass is 16.7. The number of methoxy groups -OCH3 is 2. The largest absolute Gasteiger partial charge is 0.492 e. The minimum Gasteiger partial charge on any atom is -0.492 e. The number of likely N-dealkylation sites (N-methyl/N-ethyl adjacent to an activating group) is 2. The first kappa shape index (κ1) is 23.2. The molecular formula is C27H32N2O7. The van der Waals surface area contributed by atoms with E-state index in [0.717, 1.165) is 48.2 Å². The SMILES string of the molecule is COc1c2c(cc3c1[C@@H](CC(=O)C[C@H]1c4c(cc5c(c4OC)OCO5)CCN1C)N(C)CC3)OCO2. The molecule has 192 valence electrons. The Kier molecular flexibility index (Phi) is 5.84. The van der Waals surface area contributed by atoms with E-state index in [1.165, 1.54) is 0 Å². The Labute approximate surface area is 210 Å². The summed E-state index contributed by atoms with van der Waals surface area (Å²) in [5, 5.41) is 0. The van der Waals surface area contributed by atoms with Crippen LogP contribution in [0.15, 0.2) is 12.1 Å². The summed E-state index contributed by atoms with van der Waals surface area (Å²) in [5.41, 5.74) is 4.37. The molecule has 4 aliphatic heterocycles. The second kappa shape index (κ2) is 9.05. The molecule has 2 atom stereocenters. The van der Waals surface area contributed by atoms with E-state index < -0.39 is 0 Å². The van der Waals surface area contributed by atoms with Gasteiger partial charge in [-0.1, -0.05) is 0 Å². The molecule has 2 aromatic carbocycles. The predicted molar refractivity (Wildman–Crippen MR) is 131 cm³/mol. The number of carbonyl (C=O) groups excluding carboxylic acids is 1. The molecule has 4 heterocycles. The van der Waals surface area contributed by atoms with Gasteiger partial charge in [-0.25, -0.2) is 0 Å². The molecule has 4 aliphatic rings. The number of hydrogen-bond donors (Lipinski definition) is 0. The van der Waals surface area contributed by atoms with Gasteiger partial charge >= 0.3 is 0 Å². The lowest BCUT2D eigenvalue weighted by atomic mass is 9.85. The molecule has 0 aliphatic carbocycles. The summed E-state index contributed by atoms with van der Waals surface area (Å²) < 4.78 is 34.3. The summed E-state index contributed by atoms with van der Waals surface area (Å²) in [6.07, 6.45) is 2.50. The van der Waals surface area contributed by atoms with Gasteiger partial charge in [-0.2, -0.15) is 0 Å². The highest BCUT2D eigenvalue weighted by molar-refractivity contribution is 5.81. The van der Waals surface area contributed by atoms with E-state index in [2.05, 4.69) is 23.9 Å². The predicted octanol–water partition coefficient (Wildman–Crippen LogP) is 3.27. The quantitative estimate of drug-likeness (QED) is 0.599. The molecule has 9 nitrogen and oxygen atoms in total. The lowest BCUT2D eigenvalue weighted by Crippen LogP contribution is -2.36. The molecule has 0 spiro atoms. The van der Waals surface area contributed by atoms with Gasteiger partial charge in [0.05, 0.1) is 14.2 Å². The smallest absolute Gasteiger partial charge is 0.231 e. The summed E-state index contributed by atoms with van der Waals surface area (Å²) in [5.74, 6) is 4.23. The number of hydrogen-bond acceptors (Lipinski definition) is 9. The molecule has 0 amide bonds. The van der Waals surface area contributed by atoms with E-state index in [-0.39, 0.29) is 31.5 Å². The number of Topliss-reactive ketones (excluding diaryl/α,β-unsaturated/α-hetero) is 1. The van der Waals surface area contributed by atoms with Crippen LogP contribution in [0.25, 0.3) is 0 Å². The van der Waals surface area contributed by atoms with Gasteiger partial charge in [0.25, 0.3) is 0 Å². The van der Waals surface area contributed by atoms with Crippen LogP contribution in [-0.2, 0) is 17.6 Å². The zero-order chi connectivity index (χ0) is 25.0. The maximum absolute atomic E-state index is 13.7. The zero-order valence-corrected chi connectivity index (χ0v) is 21.2. The third-order valence-corrected chi connectivity index (χ3v) is 7.94. The summed E-state index contributed by atoms with van der Waals surface area (Å²) in [7, 11) is 7.43. The maximum Gasteiger partial charge on any atom is 0.231 e. The first-order valence-electron chi connectivity index (χ1n) is 12.4. The van der Waals surface area contributed by atoms with Gasteiger partial charge in [-0.05, 0) is 50.2 Å². The van der Waals surface area contributed by atoms with Crippen LogP contribution in [0.3, 0.4) is 0 Å². The van der Waals surface area contributed by atoms with Crippen molar-refractivity contribution in [3.8, 4) is 34.5 Å². The first-order valence-corrected chi connectivity index (χ1v) is 12.4. The molecule has 0 radical (unpaired) electrons. The molecule has 0 aromatic heterocycles. The van der Waals surface area contributed by atoms with E-state index in [1.807, 2.05) is 12.1 Å². The Bertz CT molecular complexity index is 1120. The van der Waals surface area contributed by atoms with Crippen LogP contribution in [0.2, 0.25) is 0 Å². The van der Waals surface area contributed by atoms with Crippen LogP contribution in [0.4, 0.5) is 0 Å². The molecule has 0 saturated carbocycles. The fourth-order valence-corrected chi connectivity index (χ4v) is 6.08. The van der Waals surface area contributed by atoms with Gasteiger partial charge in [-0.15, -0.1) is 0 Å². The summed E-state index contributed by atoms with van der Waals surface area (Å²) in [4.78, 5) is 18.2. The number of ether oxygens (including phenoxy) is 6. The van der Waals surface area contributed by atoms with Gasteiger partial charge < -0.3 is 28.4 Å². The summed E-state index contributed by atoms with van der Waals surface area (Å²) in [6, 6.07) is 3.89. The normalized spacial score (nSPS) is 22.2. The zero-order valence-electron chi connectivity index (χ0n) is 21.2. The summed E-state index contributed by atoms with van der Waals surface area (Å²) >= 11 is 0. The van der Waals surface area contributed by atoms with Crippen molar-refractivity contribution in [2.45, 2.75) is 37.8 Å². The first-order chi connectivity index (χ1) is 17.5. The number of rotatable bonds is 6. The van der Waals surface area contributed by atoms with Gasteiger partial charge in [0.2, 0.25) is 25.1 Å². The number of carbonyl (C=O) groups is 1. The second-order valence-corrected chi connectivity index (χ2v) is 9.87. The van der Waals surface area contributed by atoms with Crippen LogP contribution < -0.4 is 28.4 Å². The van der Waals surface area contributed by atoms with E-state index in [4.69, 9.17) is 28.4 Å². The van der Waals surface area contributed by atoms with Gasteiger partial charge in [-0.3, -0.25) is 14.6 Å². The van der Waals surface area contributed by atoms with Crippen molar-refractivity contribution in [3.63, 3.8) is 0 Å². The molecule has 0 saturated heterocycles. The Hall–Kier alpha value is -3.17. The number of fused-ring (bicyclic) bond motifs is 4. The van der Waals surface area contributed by atoms with Crippen molar-refractivity contribution in [1.82, 2.24) is 9.80 Å². The summed E-state index contributed by atoms with van der Waals surface area (Å²) in [6.45, 7) is 2.08. The molecule has 0 N–H and O–H groups in total. The number of ketones is 1. The van der Waals surface area contributed by atoms with Gasteiger partial charge in [0.1, 0.15) is 5.78 Å². The number of benzene rings is 2. The molecule has 36 heavy (non-hydrogen) atoms. The molecule has 0 bridgehead atoms. The fraction of sp³-hybridized carbons (Fsp3) is 0.519. The van der Waals surface area contributed by atoms with Crippen molar-refractivity contribution < 1.29 is 33.2 Å². The van der Waals surface area contributed by atoms with Crippen LogP contribution in [-0.4, -0.2) is 70.6 Å². The molecule has 9 heteroatoms. The maximum atomic E-state index is 13.7. The minimum atomic E-state index is -0.0993. The van der Waals surface area contributed by atoms with E-state index >= 15 is 0 Å². The third-order valence-electron chi connectivity index (χ3n) is 7.94. The molecule has 6 rings (SSSR count). The van der Waals surface area contributed by atoms with Crippen molar-refractivity contribution in [2.24, 2.45) is 0 Å². The van der Waals surface area contributed by atoms with Crippen LogP contribution >= 0.6 is 0 Å². The van der Waals surface area contributed by atoms with Gasteiger partial charge in [0.15, 0.2) is 23.0 Å². The fourth-order valence-electron chi connectivity index (χ4n) is 6.08. The van der Waals surface area contributed by atoms with Crippen molar-refractivity contribution in [1.29, 1.82) is 0 Å². The topological polar surface area (TPSA) is 78.9 Å². The average molecular weight is 497 g/mol. The minimum absolute atomic E-state index is 0.0993. The Morgan fingerprint density at radius 2 is 1.25 bits per heavy atom. The van der Waals surface area contributed by atoms with E-state index in [0.29, 0.717) is 47.3 Å². The van der Waals surface area contributed by atoms with E-state index in [9.17, 15) is 4.79 Å². The Morgan fingerprint density at radius 1 is 0.806 bits per heavy atom. The lowest BCUT2D eigenvalue weighted by molar-refractivity contribution is -0.121. The Morgan fingerprint density at radius 3 is 1.67 bits per heavy atom. The lowest BCUT2D eigenvalue weighted by Gasteiger charge is -2.37. The molecular weight excluding hydrogens is 464 g/mol. The van der Waals surface area contributed by atoms with Crippen molar-refractivity contribution >= 4 is 5.78 Å². The average Bonchev–Trinajstić information content (AvgIpc) is 3.54. The standard InChI is InChI=1S/C27H32N2O7/c1-28-7-5-15-9-20-24(35-13-33-20)26(31-3)22(15)18(28)11-17(30)12-19-23-16(6-8-29(19)2)10-21-25(27(23)32-4)36-14-34-21/h9-10,18-19H,5-8,11-14H2,1-4H3/t18-,19+. The molecule has 0 unspecified atom stereocenters.